The van der Waals surface area contributed by atoms with Gasteiger partial charge >= 0.3 is 0 Å². The minimum absolute atomic E-state index is 0.0678. The molecule has 0 aliphatic carbocycles. The molecule has 1 saturated heterocycles. The largest absolute Gasteiger partial charge is 0.496 e. The fourth-order valence-corrected chi connectivity index (χ4v) is 2.31. The van der Waals surface area contributed by atoms with Gasteiger partial charge in [-0.1, -0.05) is 6.07 Å². The predicted molar refractivity (Wildman–Crippen MR) is 68.3 cm³/mol. The van der Waals surface area contributed by atoms with E-state index in [1.165, 1.54) is 6.07 Å². The van der Waals surface area contributed by atoms with Crippen LogP contribution in [0, 0.1) is 11.7 Å². The summed E-state index contributed by atoms with van der Waals surface area (Å²) in [5.41, 5.74) is 0.596. The van der Waals surface area contributed by atoms with Crippen molar-refractivity contribution in [2.45, 2.75) is 19.4 Å². The van der Waals surface area contributed by atoms with Gasteiger partial charge in [-0.25, -0.2) is 4.39 Å². The van der Waals surface area contributed by atoms with E-state index in [-0.39, 0.29) is 11.9 Å². The van der Waals surface area contributed by atoms with Crippen molar-refractivity contribution < 1.29 is 13.9 Å². The molecule has 2 atom stereocenters. The molecule has 1 fully saturated rings. The maximum Gasteiger partial charge on any atom is 0.131 e. The molecular weight excluding hydrogens is 233 g/mol. The van der Waals surface area contributed by atoms with Crippen molar-refractivity contribution in [3.05, 3.63) is 29.6 Å². The summed E-state index contributed by atoms with van der Waals surface area (Å²) in [6, 6.07) is 4.85. The van der Waals surface area contributed by atoms with Crippen LogP contribution in [0.1, 0.15) is 24.9 Å². The third-order valence-electron chi connectivity index (χ3n) is 3.40. The van der Waals surface area contributed by atoms with Crippen molar-refractivity contribution in [3.8, 4) is 5.75 Å². The topological polar surface area (TPSA) is 30.5 Å². The summed E-state index contributed by atoms with van der Waals surface area (Å²) >= 11 is 0. The second-order valence-corrected chi connectivity index (χ2v) is 4.72. The zero-order valence-corrected chi connectivity index (χ0v) is 10.9. The summed E-state index contributed by atoms with van der Waals surface area (Å²) in [5, 5.41) is 3.36. The van der Waals surface area contributed by atoms with Crippen LogP contribution in [0.25, 0.3) is 0 Å². The van der Waals surface area contributed by atoms with E-state index in [1.54, 1.807) is 19.2 Å². The maximum atomic E-state index is 13.8. The van der Waals surface area contributed by atoms with Crippen molar-refractivity contribution in [1.29, 1.82) is 0 Å². The Balaban J connectivity index is 2.01. The molecule has 1 heterocycles. The molecule has 1 aromatic carbocycles. The first-order chi connectivity index (χ1) is 8.72. The monoisotopic (exact) mass is 253 g/mol. The second kappa shape index (κ2) is 6.16. The van der Waals surface area contributed by atoms with Gasteiger partial charge in [0.25, 0.3) is 0 Å². The van der Waals surface area contributed by atoms with Gasteiger partial charge in [-0.2, -0.15) is 0 Å². The first-order valence-corrected chi connectivity index (χ1v) is 6.36. The van der Waals surface area contributed by atoms with Gasteiger partial charge in [0.2, 0.25) is 0 Å². The van der Waals surface area contributed by atoms with Gasteiger partial charge in [-0.15, -0.1) is 0 Å². The molecular formula is C14H20FNO2. The number of halogens is 1. The van der Waals surface area contributed by atoms with Crippen molar-refractivity contribution in [1.82, 2.24) is 5.32 Å². The number of methoxy groups -OCH3 is 1. The molecule has 0 saturated carbocycles. The highest BCUT2D eigenvalue weighted by Crippen LogP contribution is 2.27. The molecule has 18 heavy (non-hydrogen) atoms. The fraction of sp³-hybridized carbons (Fsp3) is 0.571. The van der Waals surface area contributed by atoms with Gasteiger partial charge in [0, 0.05) is 24.8 Å². The van der Waals surface area contributed by atoms with Gasteiger partial charge in [0.15, 0.2) is 0 Å². The minimum atomic E-state index is -0.225. The highest BCUT2D eigenvalue weighted by atomic mass is 19.1. The molecule has 2 unspecified atom stereocenters. The summed E-state index contributed by atoms with van der Waals surface area (Å²) in [5.74, 6) is 0.903. The van der Waals surface area contributed by atoms with Gasteiger partial charge in [0.05, 0.1) is 13.7 Å². The third-order valence-corrected chi connectivity index (χ3v) is 3.40. The van der Waals surface area contributed by atoms with Crippen LogP contribution in [0.15, 0.2) is 18.2 Å². The Morgan fingerprint density at radius 3 is 3.06 bits per heavy atom. The SMILES string of the molecule is COc1cccc(F)c1C(C)NCC1CCOC1. The summed E-state index contributed by atoms with van der Waals surface area (Å²) in [4.78, 5) is 0. The van der Waals surface area contributed by atoms with Gasteiger partial charge in [0.1, 0.15) is 11.6 Å². The first-order valence-electron chi connectivity index (χ1n) is 6.36. The lowest BCUT2D eigenvalue weighted by atomic mass is 10.0. The Morgan fingerprint density at radius 2 is 2.39 bits per heavy atom. The predicted octanol–water partition coefficient (Wildman–Crippen LogP) is 2.52. The summed E-state index contributed by atoms with van der Waals surface area (Å²) in [6.45, 7) is 4.44. The van der Waals surface area contributed by atoms with E-state index in [0.717, 1.165) is 26.2 Å². The van der Waals surface area contributed by atoms with E-state index < -0.39 is 0 Å². The van der Waals surface area contributed by atoms with Crippen molar-refractivity contribution in [2.75, 3.05) is 26.9 Å². The third kappa shape index (κ3) is 3.00. The lowest BCUT2D eigenvalue weighted by molar-refractivity contribution is 0.184. The van der Waals surface area contributed by atoms with E-state index in [4.69, 9.17) is 9.47 Å². The van der Waals surface area contributed by atoms with Crippen LogP contribution in [0.4, 0.5) is 4.39 Å². The zero-order chi connectivity index (χ0) is 13.0. The van der Waals surface area contributed by atoms with E-state index in [9.17, 15) is 4.39 Å². The Morgan fingerprint density at radius 1 is 1.56 bits per heavy atom. The van der Waals surface area contributed by atoms with Crippen LogP contribution >= 0.6 is 0 Å². The number of nitrogens with one attached hydrogen (secondary N) is 1. The van der Waals surface area contributed by atoms with Crippen LogP contribution in [0.3, 0.4) is 0 Å². The number of rotatable bonds is 5. The molecule has 0 spiro atoms. The van der Waals surface area contributed by atoms with E-state index in [1.807, 2.05) is 6.92 Å². The zero-order valence-electron chi connectivity index (χ0n) is 10.9. The van der Waals surface area contributed by atoms with Crippen molar-refractivity contribution in [3.63, 3.8) is 0 Å². The normalized spacial score (nSPS) is 20.9. The second-order valence-electron chi connectivity index (χ2n) is 4.72. The molecule has 1 aromatic rings. The number of hydrogen-bond donors (Lipinski definition) is 1. The van der Waals surface area contributed by atoms with Gasteiger partial charge in [-0.05, 0) is 31.4 Å². The molecule has 3 nitrogen and oxygen atoms in total. The summed E-state index contributed by atoms with van der Waals surface area (Å²) in [7, 11) is 1.57. The molecule has 0 aromatic heterocycles. The molecule has 1 aliphatic heterocycles. The summed E-state index contributed by atoms with van der Waals surface area (Å²) < 4.78 is 24.4. The number of benzene rings is 1. The van der Waals surface area contributed by atoms with Gasteiger partial charge in [-0.3, -0.25) is 0 Å². The Labute approximate surface area is 107 Å². The smallest absolute Gasteiger partial charge is 0.131 e. The molecule has 4 heteroatoms. The standard InChI is InChI=1S/C14H20FNO2/c1-10(16-8-11-6-7-18-9-11)14-12(15)4-3-5-13(14)17-2/h3-5,10-11,16H,6-9H2,1-2H3. The maximum absolute atomic E-state index is 13.8. The molecule has 1 N–H and O–H groups in total. The number of ether oxygens (including phenoxy) is 2. The van der Waals surface area contributed by atoms with Crippen LogP contribution in [-0.2, 0) is 4.74 Å². The molecule has 0 radical (unpaired) electrons. The Hall–Kier alpha value is -1.13. The van der Waals surface area contributed by atoms with Crippen molar-refractivity contribution in [2.24, 2.45) is 5.92 Å². The van der Waals surface area contributed by atoms with Crippen LogP contribution in [-0.4, -0.2) is 26.9 Å². The van der Waals surface area contributed by atoms with E-state index in [2.05, 4.69) is 5.32 Å². The highest BCUT2D eigenvalue weighted by molar-refractivity contribution is 5.36. The molecule has 100 valence electrons. The quantitative estimate of drug-likeness (QED) is 0.874. The van der Waals surface area contributed by atoms with Crippen molar-refractivity contribution >= 4 is 0 Å². The molecule has 0 bridgehead atoms. The van der Waals surface area contributed by atoms with E-state index >= 15 is 0 Å². The van der Waals surface area contributed by atoms with Crippen LogP contribution < -0.4 is 10.1 Å². The lowest BCUT2D eigenvalue weighted by Gasteiger charge is -2.19. The van der Waals surface area contributed by atoms with Crippen LogP contribution in [0.2, 0.25) is 0 Å². The molecule has 0 amide bonds. The Kier molecular flexibility index (Phi) is 4.55. The first kappa shape index (κ1) is 13.3. The summed E-state index contributed by atoms with van der Waals surface area (Å²) in [6.07, 6.45) is 1.08. The average Bonchev–Trinajstić information content (AvgIpc) is 2.88. The molecule has 1 aliphatic rings. The van der Waals surface area contributed by atoms with E-state index in [0.29, 0.717) is 17.2 Å². The van der Waals surface area contributed by atoms with Crippen LogP contribution in [0.5, 0.6) is 5.75 Å². The number of hydrogen-bond acceptors (Lipinski definition) is 3. The Bertz CT molecular complexity index is 391. The fourth-order valence-electron chi connectivity index (χ4n) is 2.31. The average molecular weight is 253 g/mol. The molecule has 2 rings (SSSR count). The lowest BCUT2D eigenvalue weighted by Crippen LogP contribution is -2.26. The highest BCUT2D eigenvalue weighted by Gasteiger charge is 2.19. The van der Waals surface area contributed by atoms with Gasteiger partial charge < -0.3 is 14.8 Å². The minimum Gasteiger partial charge on any atom is -0.496 e.